The van der Waals surface area contributed by atoms with Gasteiger partial charge >= 0.3 is 6.36 Å². The number of nitrogens with zero attached hydrogens (tertiary/aromatic N) is 3. The van der Waals surface area contributed by atoms with Crippen molar-refractivity contribution < 1.29 is 17.9 Å². The van der Waals surface area contributed by atoms with Crippen LogP contribution in [0, 0.1) is 11.8 Å². The normalized spacial score (nSPS) is 17.6. The molecule has 2 aliphatic heterocycles. The number of halogens is 3. The van der Waals surface area contributed by atoms with Crippen molar-refractivity contribution in [1.82, 2.24) is 14.7 Å². The summed E-state index contributed by atoms with van der Waals surface area (Å²) in [5, 5.41) is 0. The summed E-state index contributed by atoms with van der Waals surface area (Å²) in [5.74, 6) is 5.96. The van der Waals surface area contributed by atoms with Gasteiger partial charge in [0.2, 0.25) is 0 Å². The highest BCUT2D eigenvalue weighted by molar-refractivity contribution is 5.38. The highest BCUT2D eigenvalue weighted by Crippen LogP contribution is 2.26. The molecule has 7 heteroatoms. The third-order valence-electron chi connectivity index (χ3n) is 5.65. The molecule has 0 spiro atoms. The molecule has 0 N–H and O–H groups in total. The highest BCUT2D eigenvalue weighted by Gasteiger charge is 2.31. The van der Waals surface area contributed by atoms with E-state index >= 15 is 0 Å². The van der Waals surface area contributed by atoms with Crippen LogP contribution in [0.15, 0.2) is 65.9 Å². The van der Waals surface area contributed by atoms with Crippen LogP contribution in [0.5, 0.6) is 5.75 Å². The van der Waals surface area contributed by atoms with Crippen molar-refractivity contribution in [2.24, 2.45) is 0 Å². The van der Waals surface area contributed by atoms with E-state index < -0.39 is 6.36 Å². The molecule has 0 saturated heterocycles. The first-order valence-electron chi connectivity index (χ1n) is 10.6. The second-order valence-electron chi connectivity index (χ2n) is 8.20. The van der Waals surface area contributed by atoms with Crippen molar-refractivity contribution in [2.75, 3.05) is 39.9 Å². The van der Waals surface area contributed by atoms with Crippen LogP contribution in [0.1, 0.15) is 17.5 Å². The molecule has 0 radical (unpaired) electrons. The second kappa shape index (κ2) is 9.68. The summed E-state index contributed by atoms with van der Waals surface area (Å²) in [4.78, 5) is 7.14. The van der Waals surface area contributed by atoms with Gasteiger partial charge in [0, 0.05) is 50.9 Å². The van der Waals surface area contributed by atoms with Crippen LogP contribution in [0.25, 0.3) is 0 Å². The van der Waals surface area contributed by atoms with Gasteiger partial charge in [-0.25, -0.2) is 0 Å². The van der Waals surface area contributed by atoms with Crippen molar-refractivity contribution >= 4 is 0 Å². The number of hydrogen-bond donors (Lipinski definition) is 0. The summed E-state index contributed by atoms with van der Waals surface area (Å²) in [6, 6.07) is 16.2. The molecule has 2 aliphatic rings. The van der Waals surface area contributed by atoms with E-state index in [2.05, 4.69) is 62.6 Å². The van der Waals surface area contributed by atoms with Gasteiger partial charge in [-0.3, -0.25) is 9.80 Å². The summed E-state index contributed by atoms with van der Waals surface area (Å²) in [6.07, 6.45) is -3.67. The predicted octanol–water partition coefficient (Wildman–Crippen LogP) is 4.30. The van der Waals surface area contributed by atoms with E-state index in [0.717, 1.165) is 39.3 Å². The Labute approximate surface area is 186 Å². The lowest BCUT2D eigenvalue weighted by Crippen LogP contribution is -2.47. The van der Waals surface area contributed by atoms with Gasteiger partial charge in [-0.1, -0.05) is 42.2 Å². The van der Waals surface area contributed by atoms with E-state index in [1.54, 1.807) is 12.1 Å². The fraction of sp³-hybridized carbons (Fsp3) is 0.360. The van der Waals surface area contributed by atoms with Crippen LogP contribution in [-0.4, -0.2) is 61.0 Å². The monoisotopic (exact) mass is 441 g/mol. The predicted molar refractivity (Wildman–Crippen MR) is 118 cm³/mol. The molecule has 32 heavy (non-hydrogen) atoms. The first kappa shape index (κ1) is 22.3. The molecule has 0 aromatic heterocycles. The number of benzene rings is 2. The van der Waals surface area contributed by atoms with E-state index in [0.29, 0.717) is 12.1 Å². The summed E-state index contributed by atoms with van der Waals surface area (Å²) in [7, 11) is 2.16. The zero-order valence-corrected chi connectivity index (χ0v) is 18.0. The minimum absolute atomic E-state index is 0.236. The van der Waals surface area contributed by atoms with Crippen LogP contribution >= 0.6 is 0 Å². The van der Waals surface area contributed by atoms with Crippen LogP contribution in [0.4, 0.5) is 13.2 Å². The van der Waals surface area contributed by atoms with E-state index in [4.69, 9.17) is 0 Å². The summed E-state index contributed by atoms with van der Waals surface area (Å²) in [6.45, 7) is 5.28. The van der Waals surface area contributed by atoms with E-state index in [-0.39, 0.29) is 5.75 Å². The van der Waals surface area contributed by atoms with Crippen LogP contribution in [0.3, 0.4) is 0 Å². The number of hydrogen-bond acceptors (Lipinski definition) is 4. The Bertz CT molecular complexity index is 1010. The average molecular weight is 441 g/mol. The van der Waals surface area contributed by atoms with E-state index in [1.165, 1.54) is 29.0 Å². The number of alkyl halides is 3. The largest absolute Gasteiger partial charge is 0.573 e. The topological polar surface area (TPSA) is 19.0 Å². The van der Waals surface area contributed by atoms with Gasteiger partial charge in [0.1, 0.15) is 5.75 Å². The molecule has 0 amide bonds. The van der Waals surface area contributed by atoms with Crippen LogP contribution in [-0.2, 0) is 6.54 Å². The van der Waals surface area contributed by atoms with Gasteiger partial charge in [-0.2, -0.15) is 0 Å². The molecule has 4 rings (SSSR count). The molecular formula is C25H26F3N3O. The van der Waals surface area contributed by atoms with Crippen LogP contribution < -0.4 is 4.74 Å². The molecule has 2 heterocycles. The first-order chi connectivity index (χ1) is 15.4. The molecular weight excluding hydrogens is 415 g/mol. The summed E-state index contributed by atoms with van der Waals surface area (Å²) >= 11 is 0. The minimum Gasteiger partial charge on any atom is -0.406 e. The molecule has 0 unspecified atom stereocenters. The fourth-order valence-corrected chi connectivity index (χ4v) is 4.26. The van der Waals surface area contributed by atoms with Crippen molar-refractivity contribution in [3.8, 4) is 17.6 Å². The lowest BCUT2D eigenvalue weighted by atomic mass is 10.0. The number of rotatable bonds is 4. The Balaban J connectivity index is 1.33. The van der Waals surface area contributed by atoms with E-state index in [9.17, 15) is 13.2 Å². The van der Waals surface area contributed by atoms with Crippen molar-refractivity contribution in [3.63, 3.8) is 0 Å². The molecule has 2 aromatic carbocycles. The van der Waals surface area contributed by atoms with Gasteiger partial charge in [0.15, 0.2) is 0 Å². The quantitative estimate of drug-likeness (QED) is 0.659. The third-order valence-corrected chi connectivity index (χ3v) is 5.65. The zero-order valence-electron chi connectivity index (χ0n) is 18.0. The molecule has 0 aliphatic carbocycles. The maximum atomic E-state index is 12.3. The highest BCUT2D eigenvalue weighted by atomic mass is 19.4. The Kier molecular flexibility index (Phi) is 6.73. The molecule has 4 nitrogen and oxygen atoms in total. The third kappa shape index (κ3) is 6.06. The van der Waals surface area contributed by atoms with Crippen LogP contribution in [0.2, 0.25) is 0 Å². The van der Waals surface area contributed by atoms with Gasteiger partial charge in [0.25, 0.3) is 0 Å². The standard InChI is InChI=1S/C25H26F3N3O/c1-29-19-31(16-21-6-3-2-4-7-21)18-22-17-30(15-13-24(22)29)14-5-8-20-9-11-23(12-10-20)32-25(26,27)28/h2-4,6-7,9-12H,13-19H2,1H3. The Morgan fingerprint density at radius 3 is 2.41 bits per heavy atom. The lowest BCUT2D eigenvalue weighted by molar-refractivity contribution is -0.274. The van der Waals surface area contributed by atoms with Crippen molar-refractivity contribution in [3.05, 3.63) is 77.0 Å². The van der Waals surface area contributed by atoms with Crippen molar-refractivity contribution in [1.29, 1.82) is 0 Å². The Morgan fingerprint density at radius 2 is 1.69 bits per heavy atom. The van der Waals surface area contributed by atoms with Gasteiger partial charge in [-0.15, -0.1) is 13.2 Å². The van der Waals surface area contributed by atoms with Gasteiger partial charge < -0.3 is 9.64 Å². The molecule has 0 atom stereocenters. The fourth-order valence-electron chi connectivity index (χ4n) is 4.26. The SMILES string of the molecule is CN1CN(Cc2ccccc2)CC2=C1CCN(CC#Cc1ccc(OC(F)(F)F)cc1)C2. The summed E-state index contributed by atoms with van der Waals surface area (Å²) in [5.41, 5.74) is 4.87. The lowest BCUT2D eigenvalue weighted by Gasteiger charge is -2.42. The molecule has 0 fully saturated rings. The Morgan fingerprint density at radius 1 is 0.969 bits per heavy atom. The van der Waals surface area contributed by atoms with E-state index in [1.807, 2.05) is 6.07 Å². The Hall–Kier alpha value is -2.95. The van der Waals surface area contributed by atoms with Crippen molar-refractivity contribution in [2.45, 2.75) is 19.3 Å². The number of ether oxygens (including phenoxy) is 1. The second-order valence-corrected chi connectivity index (χ2v) is 8.20. The molecule has 2 aromatic rings. The molecule has 0 bridgehead atoms. The summed E-state index contributed by atoms with van der Waals surface area (Å²) < 4.78 is 40.7. The first-order valence-corrected chi connectivity index (χ1v) is 10.6. The maximum absolute atomic E-state index is 12.3. The van der Waals surface area contributed by atoms with Gasteiger partial charge in [-0.05, 0) is 35.4 Å². The smallest absolute Gasteiger partial charge is 0.406 e. The van der Waals surface area contributed by atoms with Gasteiger partial charge in [0.05, 0.1) is 13.2 Å². The molecule has 0 saturated carbocycles. The zero-order chi connectivity index (χ0) is 22.6. The molecule has 168 valence electrons. The minimum atomic E-state index is -4.68. The maximum Gasteiger partial charge on any atom is 0.573 e. The average Bonchev–Trinajstić information content (AvgIpc) is 2.74.